The fourth-order valence-corrected chi connectivity index (χ4v) is 1.26. The molecule has 0 radical (unpaired) electrons. The van der Waals surface area contributed by atoms with Crippen molar-refractivity contribution in [3.05, 3.63) is 23.5 Å². The monoisotopic (exact) mass is 151 g/mol. The Balaban J connectivity index is 2.38. The number of aliphatic hydroxyl groups excluding tert-OH is 1. The van der Waals surface area contributed by atoms with E-state index in [0.29, 0.717) is 11.6 Å². The Kier molecular flexibility index (Phi) is 1.10. The van der Waals surface area contributed by atoms with Crippen LogP contribution in [0.3, 0.4) is 0 Å². The zero-order chi connectivity index (χ0) is 8.01. The molecule has 2 heterocycles. The molecule has 0 aromatic heterocycles. The van der Waals surface area contributed by atoms with Gasteiger partial charge in [-0.1, -0.05) is 6.08 Å². The van der Waals surface area contributed by atoms with E-state index in [1.165, 1.54) is 6.92 Å². The van der Waals surface area contributed by atoms with E-state index < -0.39 is 0 Å². The van der Waals surface area contributed by atoms with Gasteiger partial charge in [0.1, 0.15) is 5.76 Å². The molecule has 2 aliphatic rings. The Bertz CT molecular complexity index is 274. The number of hydrogen-bond donors (Lipinski definition) is 1. The molecule has 1 amide bonds. The van der Waals surface area contributed by atoms with Crippen LogP contribution >= 0.6 is 0 Å². The maximum atomic E-state index is 11.3. The molecule has 0 bridgehead atoms. The van der Waals surface area contributed by atoms with Gasteiger partial charge in [-0.25, -0.2) is 0 Å². The lowest BCUT2D eigenvalue weighted by Crippen LogP contribution is -2.18. The first kappa shape index (κ1) is 6.46. The highest BCUT2D eigenvalue weighted by atomic mass is 16.3. The lowest BCUT2D eigenvalue weighted by molar-refractivity contribution is -0.122. The van der Waals surface area contributed by atoms with Crippen LogP contribution < -0.4 is 0 Å². The average Bonchev–Trinajstić information content (AvgIpc) is 2.66. The largest absolute Gasteiger partial charge is 0.512 e. The summed E-state index contributed by atoms with van der Waals surface area (Å²) in [5, 5.41) is 9.06. The standard InChI is InChI=1S/C8H9NO2/c1-5(10)7-3-2-6-4-9(6)8(7)11/h2-3,6,10H,4H2,1H3. The summed E-state index contributed by atoms with van der Waals surface area (Å²) in [6, 6.07) is 0.311. The van der Waals surface area contributed by atoms with Crippen molar-refractivity contribution in [1.29, 1.82) is 0 Å². The lowest BCUT2D eigenvalue weighted by Gasteiger charge is -2.08. The average molecular weight is 151 g/mol. The molecule has 1 N–H and O–H groups in total. The zero-order valence-electron chi connectivity index (χ0n) is 6.24. The van der Waals surface area contributed by atoms with Crippen molar-refractivity contribution < 1.29 is 9.90 Å². The summed E-state index contributed by atoms with van der Waals surface area (Å²) in [5.74, 6) is 0.0640. The number of nitrogens with zero attached hydrogens (tertiary/aromatic N) is 1. The second kappa shape index (κ2) is 1.87. The van der Waals surface area contributed by atoms with E-state index in [4.69, 9.17) is 5.11 Å². The summed E-state index contributed by atoms with van der Waals surface area (Å²) >= 11 is 0. The molecule has 11 heavy (non-hydrogen) atoms. The number of carbonyl (C=O) groups excluding carboxylic acids is 1. The Hall–Kier alpha value is -1.25. The van der Waals surface area contributed by atoms with Gasteiger partial charge in [0.15, 0.2) is 0 Å². The molecule has 1 atom stereocenters. The Morgan fingerprint density at radius 2 is 2.55 bits per heavy atom. The first-order valence-electron chi connectivity index (χ1n) is 3.59. The van der Waals surface area contributed by atoms with Gasteiger partial charge in [0.2, 0.25) is 0 Å². The number of aliphatic hydroxyl groups is 1. The summed E-state index contributed by atoms with van der Waals surface area (Å²) < 4.78 is 0. The molecule has 1 fully saturated rings. The smallest absolute Gasteiger partial charge is 0.257 e. The molecular weight excluding hydrogens is 142 g/mol. The van der Waals surface area contributed by atoms with E-state index in [-0.39, 0.29) is 11.7 Å². The van der Waals surface area contributed by atoms with Gasteiger partial charge in [0.25, 0.3) is 5.91 Å². The maximum Gasteiger partial charge on any atom is 0.257 e. The summed E-state index contributed by atoms with van der Waals surface area (Å²) in [7, 11) is 0. The molecule has 3 heteroatoms. The molecule has 0 aromatic carbocycles. The van der Waals surface area contributed by atoms with Crippen molar-refractivity contribution in [1.82, 2.24) is 4.90 Å². The van der Waals surface area contributed by atoms with Crippen molar-refractivity contribution in [3.63, 3.8) is 0 Å². The molecule has 0 spiro atoms. The van der Waals surface area contributed by atoms with Gasteiger partial charge < -0.3 is 10.0 Å². The van der Waals surface area contributed by atoms with Crippen LogP contribution in [0.2, 0.25) is 0 Å². The van der Waals surface area contributed by atoms with E-state index >= 15 is 0 Å². The molecule has 0 saturated carbocycles. The Morgan fingerprint density at radius 3 is 3.18 bits per heavy atom. The summed E-state index contributed by atoms with van der Waals surface area (Å²) in [6.45, 7) is 2.34. The van der Waals surface area contributed by atoms with Crippen molar-refractivity contribution >= 4 is 5.91 Å². The van der Waals surface area contributed by atoms with Crippen molar-refractivity contribution in [2.45, 2.75) is 13.0 Å². The van der Waals surface area contributed by atoms with E-state index in [1.807, 2.05) is 6.08 Å². The third-order valence-electron chi connectivity index (χ3n) is 2.02. The molecule has 1 unspecified atom stereocenters. The summed E-state index contributed by atoms with van der Waals surface area (Å²) in [5.41, 5.74) is 0.429. The van der Waals surface area contributed by atoms with Crippen LogP contribution in [-0.2, 0) is 4.79 Å². The summed E-state index contributed by atoms with van der Waals surface area (Å²) in [4.78, 5) is 13.0. The van der Waals surface area contributed by atoms with Gasteiger partial charge >= 0.3 is 0 Å². The van der Waals surface area contributed by atoms with Crippen LogP contribution in [0, 0.1) is 0 Å². The third-order valence-corrected chi connectivity index (χ3v) is 2.02. The molecule has 2 rings (SSSR count). The second-order valence-electron chi connectivity index (χ2n) is 2.88. The van der Waals surface area contributed by atoms with Crippen LogP contribution in [0.15, 0.2) is 23.5 Å². The topological polar surface area (TPSA) is 40.3 Å². The summed E-state index contributed by atoms with van der Waals surface area (Å²) in [6.07, 6.45) is 3.64. The lowest BCUT2D eigenvalue weighted by atomic mass is 10.1. The first-order valence-corrected chi connectivity index (χ1v) is 3.59. The van der Waals surface area contributed by atoms with E-state index in [2.05, 4.69) is 0 Å². The molecule has 3 nitrogen and oxygen atoms in total. The quantitative estimate of drug-likeness (QED) is 0.313. The minimum absolute atomic E-state index is 0.0440. The van der Waals surface area contributed by atoms with E-state index in [0.717, 1.165) is 6.54 Å². The number of allylic oxidation sites excluding steroid dienone is 1. The van der Waals surface area contributed by atoms with E-state index in [9.17, 15) is 4.79 Å². The highest BCUT2D eigenvalue weighted by Gasteiger charge is 2.40. The van der Waals surface area contributed by atoms with Crippen LogP contribution in [0.5, 0.6) is 0 Å². The minimum atomic E-state index is -0.0440. The van der Waals surface area contributed by atoms with Crippen LogP contribution in [0.4, 0.5) is 0 Å². The van der Waals surface area contributed by atoms with Gasteiger partial charge in [-0.2, -0.15) is 0 Å². The number of rotatable bonds is 0. The Morgan fingerprint density at radius 1 is 1.82 bits per heavy atom. The molecular formula is C8H9NO2. The molecule has 2 aliphatic heterocycles. The number of hydrogen-bond acceptors (Lipinski definition) is 2. The highest BCUT2D eigenvalue weighted by Crippen LogP contribution is 2.27. The van der Waals surface area contributed by atoms with Gasteiger partial charge in [0.05, 0.1) is 11.6 Å². The van der Waals surface area contributed by atoms with Crippen molar-refractivity contribution in [3.8, 4) is 0 Å². The van der Waals surface area contributed by atoms with Crippen molar-refractivity contribution in [2.24, 2.45) is 0 Å². The first-order chi connectivity index (χ1) is 5.20. The van der Waals surface area contributed by atoms with Crippen LogP contribution in [-0.4, -0.2) is 28.5 Å². The predicted octanol–water partition coefficient (Wildman–Crippen LogP) is 0.599. The predicted molar refractivity (Wildman–Crippen MR) is 40.0 cm³/mol. The van der Waals surface area contributed by atoms with Crippen LogP contribution in [0.25, 0.3) is 0 Å². The van der Waals surface area contributed by atoms with Gasteiger partial charge in [-0.05, 0) is 13.0 Å². The highest BCUT2D eigenvalue weighted by molar-refractivity contribution is 5.99. The molecule has 0 aromatic rings. The molecule has 58 valence electrons. The number of amides is 1. The third kappa shape index (κ3) is 0.843. The molecule has 1 saturated heterocycles. The normalized spacial score (nSPS) is 31.9. The molecule has 0 aliphatic carbocycles. The van der Waals surface area contributed by atoms with Gasteiger partial charge in [-0.15, -0.1) is 0 Å². The SMILES string of the molecule is CC(O)=C1C=CC2CN2C1=O. The minimum Gasteiger partial charge on any atom is -0.512 e. The van der Waals surface area contributed by atoms with Crippen LogP contribution in [0.1, 0.15) is 6.92 Å². The van der Waals surface area contributed by atoms with Gasteiger partial charge in [-0.3, -0.25) is 4.79 Å². The number of carbonyl (C=O) groups is 1. The fraction of sp³-hybridized carbons (Fsp3) is 0.375. The van der Waals surface area contributed by atoms with Crippen molar-refractivity contribution in [2.75, 3.05) is 6.54 Å². The van der Waals surface area contributed by atoms with Gasteiger partial charge in [0, 0.05) is 6.54 Å². The maximum absolute atomic E-state index is 11.3. The zero-order valence-corrected chi connectivity index (χ0v) is 6.24. The number of fused-ring (bicyclic) bond motifs is 1. The Labute approximate surface area is 64.6 Å². The second-order valence-corrected chi connectivity index (χ2v) is 2.88. The van der Waals surface area contributed by atoms with E-state index in [1.54, 1.807) is 11.0 Å². The fourth-order valence-electron chi connectivity index (χ4n) is 1.26.